The Morgan fingerprint density at radius 1 is 0.852 bits per heavy atom. The van der Waals surface area contributed by atoms with Crippen molar-refractivity contribution in [2.24, 2.45) is 0 Å². The van der Waals surface area contributed by atoms with Gasteiger partial charge in [0.1, 0.15) is 0 Å². The normalized spacial score (nSPS) is 12.2. The van der Waals surface area contributed by atoms with Crippen LogP contribution in [-0.4, -0.2) is 19.2 Å². The van der Waals surface area contributed by atoms with E-state index in [1.807, 2.05) is 78.9 Å². The predicted octanol–water partition coefficient (Wildman–Crippen LogP) is 5.22. The van der Waals surface area contributed by atoms with Gasteiger partial charge in [-0.2, -0.15) is 0 Å². The predicted molar refractivity (Wildman–Crippen MR) is 109 cm³/mol. The average Bonchev–Trinajstić information content (AvgIpc) is 2.72. The number of nitrogens with zero attached hydrogens (tertiary/aromatic N) is 1. The monoisotopic (exact) mass is 376 g/mol. The minimum Gasteiger partial charge on any atom is -0.375 e. The van der Waals surface area contributed by atoms with E-state index in [9.17, 15) is 4.79 Å². The van der Waals surface area contributed by atoms with Gasteiger partial charge < -0.3 is 10.1 Å². The third kappa shape index (κ3) is 3.99. The van der Waals surface area contributed by atoms with Crippen LogP contribution in [0.5, 0.6) is 0 Å². The third-order valence-corrected chi connectivity index (χ3v) is 5.40. The van der Waals surface area contributed by atoms with E-state index in [0.717, 1.165) is 26.7 Å². The Kier molecular flexibility index (Phi) is 5.42. The lowest BCUT2D eigenvalue weighted by molar-refractivity contribution is 0.124. The van der Waals surface area contributed by atoms with Gasteiger partial charge in [0.05, 0.1) is 24.6 Å². The molecule has 0 aliphatic carbocycles. The molecule has 3 aromatic carbocycles. The number of hydrogen-bond acceptors (Lipinski definition) is 3. The molecule has 5 heteroatoms. The van der Waals surface area contributed by atoms with Crippen LogP contribution in [-0.2, 0) is 11.3 Å². The number of carbonyl (C=O) groups excluding carboxylic acids is 1. The van der Waals surface area contributed by atoms with Crippen LogP contribution in [0.15, 0.2) is 88.7 Å². The van der Waals surface area contributed by atoms with Crippen LogP contribution in [0.3, 0.4) is 0 Å². The third-order valence-electron chi connectivity index (χ3n) is 4.27. The molecule has 0 fully saturated rings. The second kappa shape index (κ2) is 8.29. The summed E-state index contributed by atoms with van der Waals surface area (Å²) in [6.07, 6.45) is 0. The van der Waals surface area contributed by atoms with Crippen LogP contribution in [0.25, 0.3) is 0 Å². The van der Waals surface area contributed by atoms with Crippen molar-refractivity contribution in [1.82, 2.24) is 5.32 Å². The van der Waals surface area contributed by atoms with E-state index in [2.05, 4.69) is 5.32 Å². The summed E-state index contributed by atoms with van der Waals surface area (Å²) in [5.74, 6) is 0. The smallest absolute Gasteiger partial charge is 0.326 e. The molecule has 1 aliphatic heterocycles. The molecule has 136 valence electrons. The van der Waals surface area contributed by atoms with E-state index < -0.39 is 0 Å². The minimum atomic E-state index is -0.140. The van der Waals surface area contributed by atoms with E-state index in [1.54, 1.807) is 16.7 Å². The van der Waals surface area contributed by atoms with Crippen LogP contribution in [0.1, 0.15) is 5.56 Å². The number of fused-ring (bicyclic) bond motifs is 2. The Bertz CT molecular complexity index is 885. The molecule has 0 saturated carbocycles. The molecular formula is C22H20N2O2S. The number of para-hydroxylation sites is 2. The van der Waals surface area contributed by atoms with E-state index in [1.165, 1.54) is 0 Å². The molecule has 1 aliphatic rings. The highest BCUT2D eigenvalue weighted by molar-refractivity contribution is 7.99. The van der Waals surface area contributed by atoms with E-state index in [-0.39, 0.29) is 6.03 Å². The first kappa shape index (κ1) is 17.6. The Balaban J connectivity index is 1.40. The Morgan fingerprint density at radius 2 is 1.44 bits per heavy atom. The maximum absolute atomic E-state index is 12.9. The fourth-order valence-electron chi connectivity index (χ4n) is 3.00. The van der Waals surface area contributed by atoms with Gasteiger partial charge in [0.25, 0.3) is 0 Å². The zero-order valence-corrected chi connectivity index (χ0v) is 15.6. The van der Waals surface area contributed by atoms with E-state index in [4.69, 9.17) is 4.74 Å². The van der Waals surface area contributed by atoms with Crippen LogP contribution < -0.4 is 10.2 Å². The summed E-state index contributed by atoms with van der Waals surface area (Å²) < 4.78 is 5.66. The van der Waals surface area contributed by atoms with Gasteiger partial charge in [-0.1, -0.05) is 66.4 Å². The van der Waals surface area contributed by atoms with Gasteiger partial charge in [-0.25, -0.2) is 4.79 Å². The Labute approximate surface area is 163 Å². The van der Waals surface area contributed by atoms with Gasteiger partial charge in [-0.15, -0.1) is 0 Å². The maximum Gasteiger partial charge on any atom is 0.326 e. The standard InChI is InChI=1S/C22H20N2O2S/c25-22(23-14-15-26-16-17-8-2-1-3-9-17)24-18-10-4-6-12-20(18)27-21-13-7-5-11-19(21)24/h1-13H,14-16H2,(H,23,25). The van der Waals surface area contributed by atoms with Crippen molar-refractivity contribution in [3.8, 4) is 0 Å². The maximum atomic E-state index is 12.9. The molecule has 1 heterocycles. The van der Waals surface area contributed by atoms with Crippen molar-refractivity contribution in [3.63, 3.8) is 0 Å². The van der Waals surface area contributed by atoms with Gasteiger partial charge in [-0.05, 0) is 29.8 Å². The van der Waals surface area contributed by atoms with Crippen LogP contribution >= 0.6 is 11.8 Å². The van der Waals surface area contributed by atoms with Gasteiger partial charge in [-0.3, -0.25) is 4.90 Å². The van der Waals surface area contributed by atoms with Crippen molar-refractivity contribution in [3.05, 3.63) is 84.4 Å². The summed E-state index contributed by atoms with van der Waals surface area (Å²) in [5.41, 5.74) is 2.94. The summed E-state index contributed by atoms with van der Waals surface area (Å²) in [7, 11) is 0. The summed E-state index contributed by atoms with van der Waals surface area (Å²) in [5, 5.41) is 2.97. The molecule has 0 aromatic heterocycles. The molecule has 27 heavy (non-hydrogen) atoms. The number of ether oxygens (including phenoxy) is 1. The highest BCUT2D eigenvalue weighted by Crippen LogP contribution is 2.47. The summed E-state index contributed by atoms with van der Waals surface area (Å²) in [4.78, 5) is 16.8. The number of anilines is 2. The molecule has 0 bridgehead atoms. The second-order valence-corrected chi connectivity index (χ2v) is 7.23. The minimum absolute atomic E-state index is 0.140. The molecular weight excluding hydrogens is 356 g/mol. The lowest BCUT2D eigenvalue weighted by Crippen LogP contribution is -2.39. The van der Waals surface area contributed by atoms with Gasteiger partial charge in [0.15, 0.2) is 0 Å². The summed E-state index contributed by atoms with van der Waals surface area (Å²) >= 11 is 1.69. The summed E-state index contributed by atoms with van der Waals surface area (Å²) in [6, 6.07) is 25.8. The number of benzene rings is 3. The summed E-state index contributed by atoms with van der Waals surface area (Å²) in [6.45, 7) is 1.47. The van der Waals surface area contributed by atoms with Gasteiger partial charge in [0.2, 0.25) is 0 Å². The first-order valence-corrected chi connectivity index (χ1v) is 9.70. The zero-order valence-electron chi connectivity index (χ0n) is 14.8. The highest BCUT2D eigenvalue weighted by atomic mass is 32.2. The number of nitrogens with one attached hydrogen (secondary N) is 1. The zero-order chi connectivity index (χ0) is 18.5. The Hall–Kier alpha value is -2.76. The quantitative estimate of drug-likeness (QED) is 0.621. The number of carbonyl (C=O) groups is 1. The number of hydrogen-bond donors (Lipinski definition) is 1. The van der Waals surface area contributed by atoms with Gasteiger partial charge in [0, 0.05) is 16.3 Å². The van der Waals surface area contributed by atoms with Crippen LogP contribution in [0, 0.1) is 0 Å². The molecule has 0 unspecified atom stereocenters. The fraction of sp³-hybridized carbons (Fsp3) is 0.136. The van der Waals surface area contributed by atoms with E-state index >= 15 is 0 Å². The molecule has 0 saturated heterocycles. The number of rotatable bonds is 5. The fourth-order valence-corrected chi connectivity index (χ4v) is 4.05. The highest BCUT2D eigenvalue weighted by Gasteiger charge is 2.27. The van der Waals surface area contributed by atoms with Crippen LogP contribution in [0.2, 0.25) is 0 Å². The van der Waals surface area contributed by atoms with Crippen molar-refractivity contribution in [2.75, 3.05) is 18.1 Å². The number of urea groups is 1. The van der Waals surface area contributed by atoms with Crippen molar-refractivity contribution in [1.29, 1.82) is 0 Å². The Morgan fingerprint density at radius 3 is 2.11 bits per heavy atom. The molecule has 3 aromatic rings. The molecule has 1 N–H and O–H groups in total. The van der Waals surface area contributed by atoms with Crippen LogP contribution in [0.4, 0.5) is 16.2 Å². The lowest BCUT2D eigenvalue weighted by atomic mass is 10.2. The second-order valence-electron chi connectivity index (χ2n) is 6.14. The largest absolute Gasteiger partial charge is 0.375 e. The average molecular weight is 376 g/mol. The van der Waals surface area contributed by atoms with Crippen molar-refractivity contribution in [2.45, 2.75) is 16.4 Å². The molecule has 0 radical (unpaired) electrons. The molecule has 4 nitrogen and oxygen atoms in total. The molecule has 4 rings (SSSR count). The molecule has 2 amide bonds. The van der Waals surface area contributed by atoms with Gasteiger partial charge >= 0.3 is 6.03 Å². The van der Waals surface area contributed by atoms with E-state index in [0.29, 0.717) is 19.8 Å². The first-order chi connectivity index (χ1) is 13.3. The molecule has 0 spiro atoms. The van der Waals surface area contributed by atoms with Crippen molar-refractivity contribution < 1.29 is 9.53 Å². The first-order valence-electron chi connectivity index (χ1n) is 8.88. The molecule has 0 atom stereocenters. The lowest BCUT2D eigenvalue weighted by Gasteiger charge is -2.31. The topological polar surface area (TPSA) is 41.6 Å². The SMILES string of the molecule is O=C(NCCOCc1ccccc1)N1c2ccccc2Sc2ccccc21. The van der Waals surface area contributed by atoms with Crippen molar-refractivity contribution >= 4 is 29.2 Å². The number of amides is 2.